The molecule has 13 heteroatoms. The van der Waals surface area contributed by atoms with Crippen LogP contribution in [0.5, 0.6) is 0 Å². The van der Waals surface area contributed by atoms with E-state index in [1.54, 1.807) is 34.0 Å². The molecule has 308 valence electrons. The largest absolute Gasteiger partial charge is 0.459 e. The van der Waals surface area contributed by atoms with Crippen LogP contribution < -0.4 is 0 Å². The summed E-state index contributed by atoms with van der Waals surface area (Å²) in [5.41, 5.74) is -3.27. The van der Waals surface area contributed by atoms with Gasteiger partial charge in [-0.25, -0.2) is 0 Å². The average Bonchev–Trinajstić information content (AvgIpc) is 3.74. The lowest BCUT2D eigenvalue weighted by Crippen LogP contribution is -2.61. The molecule has 4 rings (SSSR count). The first kappa shape index (κ1) is 44.5. The molecule has 13 nitrogen and oxygen atoms in total. The molecule has 0 spiro atoms. The molecule has 0 aromatic carbocycles. The van der Waals surface area contributed by atoms with Crippen LogP contribution in [0.1, 0.15) is 94.9 Å². The second kappa shape index (κ2) is 17.5. The standard InChI is InChI=1S/C40H72N2O11/c1-15-17-48-39(10)19-22(3)21-42-26(7)33(42)40(11,46)29(16-2)51-36(45)25(6)32(52-30-20-38(9,47-14)34(44)27(8)50-30)24(5)35(39)53-37-31(43)28(41(12)13)18-23(4)49-37/h15,22-35,37,43-44,46H,1,16-21H2,2-14H3/t22-,23-,24+,25-,26?,27+,28+,29-,30+,31-,32+,33?,34+,35-,37+,38-,39+,40-,42?/m1/s1. The van der Waals surface area contributed by atoms with Gasteiger partial charge < -0.3 is 53.4 Å². The second-order valence-corrected chi connectivity index (χ2v) is 17.5. The molecule has 53 heavy (non-hydrogen) atoms. The van der Waals surface area contributed by atoms with Crippen molar-refractivity contribution in [3.8, 4) is 0 Å². The molecule has 0 radical (unpaired) electrons. The van der Waals surface area contributed by atoms with Gasteiger partial charge in [-0.3, -0.25) is 9.69 Å². The van der Waals surface area contributed by atoms with Crippen molar-refractivity contribution in [3.63, 3.8) is 0 Å². The highest BCUT2D eigenvalue weighted by atomic mass is 16.7. The van der Waals surface area contributed by atoms with Gasteiger partial charge in [-0.1, -0.05) is 26.8 Å². The lowest BCUT2D eigenvalue weighted by molar-refractivity contribution is -0.320. The van der Waals surface area contributed by atoms with Gasteiger partial charge in [-0.05, 0) is 87.7 Å². The highest BCUT2D eigenvalue weighted by molar-refractivity contribution is 5.73. The van der Waals surface area contributed by atoms with E-state index in [4.69, 9.17) is 33.2 Å². The molecule has 0 aromatic rings. The van der Waals surface area contributed by atoms with E-state index < -0.39 is 83.8 Å². The van der Waals surface area contributed by atoms with Gasteiger partial charge in [-0.15, -0.1) is 6.58 Å². The third kappa shape index (κ3) is 9.50. The maximum absolute atomic E-state index is 14.3. The Kier molecular flexibility index (Phi) is 14.7. The predicted molar refractivity (Wildman–Crippen MR) is 200 cm³/mol. The van der Waals surface area contributed by atoms with Crippen LogP contribution in [-0.2, 0) is 38.0 Å². The van der Waals surface area contributed by atoms with Gasteiger partial charge in [0, 0.05) is 38.1 Å². The number of esters is 1. The molecule has 0 aliphatic carbocycles. The first-order valence-corrected chi connectivity index (χ1v) is 19.8. The van der Waals surface area contributed by atoms with Crippen LogP contribution in [-0.4, -0.2) is 156 Å². The Morgan fingerprint density at radius 2 is 1.68 bits per heavy atom. The summed E-state index contributed by atoms with van der Waals surface area (Å²) < 4.78 is 45.2. The summed E-state index contributed by atoms with van der Waals surface area (Å²) in [4.78, 5) is 18.6. The topological polar surface area (TPSA) is 149 Å². The summed E-state index contributed by atoms with van der Waals surface area (Å²) in [6.45, 7) is 24.0. The van der Waals surface area contributed by atoms with E-state index in [2.05, 4.69) is 25.3 Å². The summed E-state index contributed by atoms with van der Waals surface area (Å²) in [7, 11) is 5.41. The van der Waals surface area contributed by atoms with Crippen molar-refractivity contribution in [1.82, 2.24) is 9.80 Å². The summed E-state index contributed by atoms with van der Waals surface area (Å²) in [6.07, 6.45) is -3.49. The van der Waals surface area contributed by atoms with Crippen molar-refractivity contribution in [2.45, 2.75) is 185 Å². The fraction of sp³-hybridized carbons (Fsp3) is 0.925. The van der Waals surface area contributed by atoms with E-state index >= 15 is 0 Å². The van der Waals surface area contributed by atoms with E-state index in [-0.39, 0.29) is 43.2 Å². The minimum Gasteiger partial charge on any atom is -0.459 e. The molecule has 3 N–H and O–H groups in total. The maximum atomic E-state index is 14.3. The van der Waals surface area contributed by atoms with Gasteiger partial charge in [0.2, 0.25) is 0 Å². The smallest absolute Gasteiger partial charge is 0.311 e. The Morgan fingerprint density at radius 1 is 1.02 bits per heavy atom. The summed E-state index contributed by atoms with van der Waals surface area (Å²) in [6, 6.07) is -0.339. The van der Waals surface area contributed by atoms with Gasteiger partial charge in [-0.2, -0.15) is 0 Å². The van der Waals surface area contributed by atoms with Crippen LogP contribution in [0.15, 0.2) is 12.7 Å². The van der Waals surface area contributed by atoms with E-state index in [1.807, 2.05) is 53.6 Å². The minimum absolute atomic E-state index is 0.0748. The first-order valence-electron chi connectivity index (χ1n) is 19.8. The van der Waals surface area contributed by atoms with Crippen LogP contribution >= 0.6 is 0 Å². The number of carbonyl (C=O) groups is 1. The monoisotopic (exact) mass is 757 g/mol. The zero-order chi connectivity index (χ0) is 39.8. The van der Waals surface area contributed by atoms with Crippen LogP contribution in [0.4, 0.5) is 0 Å². The molecule has 4 aliphatic heterocycles. The second-order valence-electron chi connectivity index (χ2n) is 17.5. The Bertz CT molecular complexity index is 1220. The molecule has 4 saturated heterocycles. The van der Waals surface area contributed by atoms with Gasteiger partial charge in [0.05, 0.1) is 54.2 Å². The zero-order valence-electron chi connectivity index (χ0n) is 34.7. The molecule has 4 heterocycles. The number of ether oxygens (including phenoxy) is 7. The van der Waals surface area contributed by atoms with Crippen LogP contribution in [0.3, 0.4) is 0 Å². The van der Waals surface area contributed by atoms with Crippen LogP contribution in [0.25, 0.3) is 0 Å². The molecule has 3 unspecified atom stereocenters. The molecule has 4 fully saturated rings. The number of rotatable bonds is 10. The van der Waals surface area contributed by atoms with Crippen molar-refractivity contribution >= 4 is 5.97 Å². The van der Waals surface area contributed by atoms with Crippen molar-refractivity contribution in [1.29, 1.82) is 0 Å². The van der Waals surface area contributed by atoms with E-state index in [0.717, 1.165) is 0 Å². The maximum Gasteiger partial charge on any atom is 0.311 e. The summed E-state index contributed by atoms with van der Waals surface area (Å²) in [5, 5.41) is 34.7. The molecule has 0 amide bonds. The van der Waals surface area contributed by atoms with E-state index in [1.165, 1.54) is 0 Å². The number of nitrogens with zero attached hydrogens (tertiary/aromatic N) is 2. The number of hydrogen-bond donors (Lipinski definition) is 3. The van der Waals surface area contributed by atoms with E-state index in [0.29, 0.717) is 25.8 Å². The van der Waals surface area contributed by atoms with E-state index in [9.17, 15) is 20.1 Å². The number of aliphatic hydroxyl groups excluding tert-OH is 2. The highest BCUT2D eigenvalue weighted by Gasteiger charge is 2.59. The van der Waals surface area contributed by atoms with Gasteiger partial charge >= 0.3 is 5.97 Å². The zero-order valence-corrected chi connectivity index (χ0v) is 34.7. The molecular formula is C40H72N2O11. The van der Waals surface area contributed by atoms with Crippen LogP contribution in [0.2, 0.25) is 0 Å². The lowest BCUT2D eigenvalue weighted by Gasteiger charge is -2.50. The normalized spacial score (nSPS) is 50.2. The Labute approximate surface area is 318 Å². The molecule has 0 bridgehead atoms. The van der Waals surface area contributed by atoms with Gasteiger partial charge in [0.25, 0.3) is 0 Å². The third-order valence-electron chi connectivity index (χ3n) is 12.7. The van der Waals surface area contributed by atoms with Crippen molar-refractivity contribution in [2.24, 2.45) is 17.8 Å². The van der Waals surface area contributed by atoms with Gasteiger partial charge in [0.1, 0.15) is 23.9 Å². The predicted octanol–water partition coefficient (Wildman–Crippen LogP) is 3.50. The molecule has 0 aromatic heterocycles. The number of hydrogen-bond acceptors (Lipinski definition) is 13. The Hall–Kier alpha value is -1.23. The number of aliphatic hydroxyl groups is 3. The summed E-state index contributed by atoms with van der Waals surface area (Å²) in [5.74, 6) is -1.91. The number of fused-ring (bicyclic) bond motifs is 1. The molecular weight excluding hydrogens is 684 g/mol. The number of methoxy groups -OCH3 is 1. The number of carbonyl (C=O) groups excluding carboxylic acids is 1. The van der Waals surface area contributed by atoms with Crippen LogP contribution in [0, 0.1) is 17.8 Å². The lowest BCUT2D eigenvalue weighted by atomic mass is 9.77. The number of cyclic esters (lactones) is 1. The Balaban J connectivity index is 1.85. The molecule has 0 saturated carbocycles. The van der Waals surface area contributed by atoms with Gasteiger partial charge in [0.15, 0.2) is 12.6 Å². The summed E-state index contributed by atoms with van der Waals surface area (Å²) >= 11 is 0. The van der Waals surface area contributed by atoms with Crippen molar-refractivity contribution in [2.75, 3.05) is 34.4 Å². The fourth-order valence-corrected chi connectivity index (χ4v) is 9.59. The SMILES string of the molecule is C=CCO[C@@]1(C)C[C@@H](C)CN2C(C)C2[C@](C)(O)[C@@H](CC)OC(=O)[C@H](C)[C@@H](O[C@H]2C[C@@](C)(OC)[C@@H](O)[C@H](C)O2)[C@H](C)[C@H]1O[C@@H]1O[C@H](C)C[C@H](N(C)C)[C@H]1O. The number of likely N-dealkylation sites (N-methyl/N-ethyl adjacent to an activating group) is 1. The fourth-order valence-electron chi connectivity index (χ4n) is 9.59. The third-order valence-corrected chi connectivity index (χ3v) is 12.7. The average molecular weight is 757 g/mol. The van der Waals surface area contributed by atoms with Crippen molar-refractivity contribution in [3.05, 3.63) is 12.7 Å². The minimum atomic E-state index is -1.30. The molecule has 19 atom stereocenters. The highest BCUT2D eigenvalue weighted by Crippen LogP contribution is 2.45. The Morgan fingerprint density at radius 3 is 2.26 bits per heavy atom. The van der Waals surface area contributed by atoms with Crippen molar-refractivity contribution < 1.29 is 53.3 Å². The molecule has 4 aliphatic rings. The quantitative estimate of drug-likeness (QED) is 0.170. The first-order chi connectivity index (χ1) is 24.6.